The van der Waals surface area contributed by atoms with Gasteiger partial charge in [0.25, 0.3) is 0 Å². The molecule has 2 heterocycles. The number of nitrogens with zero attached hydrogens (tertiary/aromatic N) is 5. The van der Waals surface area contributed by atoms with Gasteiger partial charge in [-0.25, -0.2) is 9.37 Å². The van der Waals surface area contributed by atoms with Crippen LogP contribution < -0.4 is 4.74 Å². The summed E-state index contributed by atoms with van der Waals surface area (Å²) < 4.78 is 19.7. The van der Waals surface area contributed by atoms with E-state index in [1.807, 2.05) is 24.3 Å². The summed E-state index contributed by atoms with van der Waals surface area (Å²) in [5.41, 5.74) is 3.46. The van der Waals surface area contributed by atoms with Gasteiger partial charge in [-0.15, -0.1) is 4.80 Å². The number of aryl methyl sites for hydroxylation is 1. The molecular weight excluding hydrogens is 369 g/mol. The van der Waals surface area contributed by atoms with Crippen molar-refractivity contribution in [2.45, 2.75) is 26.2 Å². The van der Waals surface area contributed by atoms with Gasteiger partial charge in [-0.3, -0.25) is 0 Å². The molecule has 0 radical (unpaired) electrons. The first-order valence-corrected chi connectivity index (χ1v) is 9.18. The van der Waals surface area contributed by atoms with Gasteiger partial charge in [-0.1, -0.05) is 55.8 Å². The Kier molecular flexibility index (Phi) is 4.80. The summed E-state index contributed by atoms with van der Waals surface area (Å²) in [7, 11) is 0. The first-order valence-electron chi connectivity index (χ1n) is 9.18. The average Bonchev–Trinajstić information content (AvgIpc) is 3.25. The zero-order chi connectivity index (χ0) is 20.4. The van der Waals surface area contributed by atoms with Crippen molar-refractivity contribution in [2.75, 3.05) is 0 Å². The molecule has 0 amide bonds. The smallest absolute Gasteiger partial charge is 0.324 e. The predicted molar refractivity (Wildman–Crippen MR) is 107 cm³/mol. The van der Waals surface area contributed by atoms with Gasteiger partial charge in [0.2, 0.25) is 5.82 Å². The minimum atomic E-state index is -0.635. The van der Waals surface area contributed by atoms with E-state index < -0.39 is 5.82 Å². The highest BCUT2D eigenvalue weighted by Crippen LogP contribution is 2.33. The summed E-state index contributed by atoms with van der Waals surface area (Å²) in [4.78, 5) is 9.04. The maximum atomic E-state index is 14.0. The second-order valence-corrected chi connectivity index (χ2v) is 7.26. The maximum absolute atomic E-state index is 14.0. The Bertz CT molecular complexity index is 1110. The maximum Gasteiger partial charge on any atom is 0.324 e. The van der Waals surface area contributed by atoms with E-state index in [0.29, 0.717) is 5.75 Å². The van der Waals surface area contributed by atoms with Crippen LogP contribution in [0.3, 0.4) is 0 Å². The zero-order valence-electron chi connectivity index (χ0n) is 16.4. The third kappa shape index (κ3) is 3.85. The number of ether oxygens (including phenoxy) is 1. The lowest BCUT2D eigenvalue weighted by Crippen LogP contribution is -2.18. The van der Waals surface area contributed by atoms with Crippen molar-refractivity contribution < 1.29 is 9.13 Å². The van der Waals surface area contributed by atoms with Gasteiger partial charge in [0.15, 0.2) is 5.82 Å². The summed E-state index contributed by atoms with van der Waals surface area (Å²) in [6, 6.07) is 16.3. The highest BCUT2D eigenvalue weighted by Gasteiger charge is 2.23. The number of aromatic nitrogens is 5. The SMILES string of the molecule is Cc1ccc(C(C)(C)c2ccc(Oc3ncc(F)c(-n4nccn4)n3)cc2)cc1. The normalized spacial score (nSPS) is 11.4. The van der Waals surface area contributed by atoms with Crippen molar-refractivity contribution in [2.24, 2.45) is 0 Å². The fourth-order valence-electron chi connectivity index (χ4n) is 3.04. The zero-order valence-corrected chi connectivity index (χ0v) is 16.4. The predicted octanol–water partition coefficient (Wildman–Crippen LogP) is 4.62. The van der Waals surface area contributed by atoms with Crippen LogP contribution in [-0.4, -0.2) is 25.0 Å². The van der Waals surface area contributed by atoms with Crippen LogP contribution >= 0.6 is 0 Å². The van der Waals surface area contributed by atoms with Gasteiger partial charge in [0.1, 0.15) is 5.75 Å². The van der Waals surface area contributed by atoms with E-state index in [0.717, 1.165) is 16.6 Å². The molecule has 2 aromatic heterocycles. The Labute approximate surface area is 168 Å². The molecule has 0 fully saturated rings. The van der Waals surface area contributed by atoms with E-state index >= 15 is 0 Å². The molecule has 0 N–H and O–H groups in total. The van der Waals surface area contributed by atoms with Crippen LogP contribution in [0.4, 0.5) is 4.39 Å². The highest BCUT2D eigenvalue weighted by atomic mass is 19.1. The molecule has 6 nitrogen and oxygen atoms in total. The van der Waals surface area contributed by atoms with Crippen molar-refractivity contribution in [1.29, 1.82) is 0 Å². The van der Waals surface area contributed by atoms with Gasteiger partial charge >= 0.3 is 6.01 Å². The molecule has 0 aliphatic carbocycles. The van der Waals surface area contributed by atoms with Crippen LogP contribution in [0, 0.1) is 12.7 Å². The molecule has 29 heavy (non-hydrogen) atoms. The summed E-state index contributed by atoms with van der Waals surface area (Å²) in [5, 5.41) is 7.78. The summed E-state index contributed by atoms with van der Waals surface area (Å²) in [5.74, 6) is -0.152. The summed E-state index contributed by atoms with van der Waals surface area (Å²) in [6.07, 6.45) is 3.92. The largest absolute Gasteiger partial charge is 0.424 e. The van der Waals surface area contributed by atoms with Crippen molar-refractivity contribution in [1.82, 2.24) is 25.0 Å². The third-order valence-corrected chi connectivity index (χ3v) is 4.87. The van der Waals surface area contributed by atoms with Crippen LogP contribution in [0.1, 0.15) is 30.5 Å². The number of hydrogen-bond acceptors (Lipinski definition) is 5. The van der Waals surface area contributed by atoms with E-state index in [1.54, 1.807) is 0 Å². The van der Waals surface area contributed by atoms with Crippen LogP contribution in [-0.2, 0) is 5.41 Å². The summed E-state index contributed by atoms with van der Waals surface area (Å²) >= 11 is 0. The highest BCUT2D eigenvalue weighted by molar-refractivity contribution is 5.41. The van der Waals surface area contributed by atoms with Crippen LogP contribution in [0.5, 0.6) is 11.8 Å². The van der Waals surface area contributed by atoms with E-state index in [1.165, 1.54) is 23.5 Å². The van der Waals surface area contributed by atoms with E-state index in [-0.39, 0.29) is 17.2 Å². The second-order valence-electron chi connectivity index (χ2n) is 7.26. The van der Waals surface area contributed by atoms with Gasteiger partial charge in [0.05, 0.1) is 18.6 Å². The Morgan fingerprint density at radius 2 is 1.48 bits per heavy atom. The third-order valence-electron chi connectivity index (χ3n) is 4.87. The fraction of sp³-hybridized carbons (Fsp3) is 0.182. The molecule has 0 bridgehead atoms. The number of halogens is 1. The van der Waals surface area contributed by atoms with Crippen LogP contribution in [0.15, 0.2) is 67.1 Å². The lowest BCUT2D eigenvalue weighted by Gasteiger charge is -2.26. The Balaban J connectivity index is 1.56. The monoisotopic (exact) mass is 389 g/mol. The molecule has 0 unspecified atom stereocenters. The molecule has 4 aromatic rings. The molecular formula is C22H20FN5O. The lowest BCUT2D eigenvalue weighted by atomic mass is 9.78. The minimum Gasteiger partial charge on any atom is -0.424 e. The summed E-state index contributed by atoms with van der Waals surface area (Å²) in [6.45, 7) is 6.44. The number of benzene rings is 2. The Hall–Kier alpha value is -3.61. The molecule has 146 valence electrons. The van der Waals surface area contributed by atoms with Crippen LogP contribution in [0.2, 0.25) is 0 Å². The van der Waals surface area contributed by atoms with Crippen LogP contribution in [0.25, 0.3) is 5.82 Å². The van der Waals surface area contributed by atoms with E-state index in [2.05, 4.69) is 65.2 Å². The fourth-order valence-corrected chi connectivity index (χ4v) is 3.04. The van der Waals surface area contributed by atoms with Crippen molar-refractivity contribution >= 4 is 0 Å². The van der Waals surface area contributed by atoms with Crippen molar-refractivity contribution in [3.8, 4) is 17.6 Å². The number of hydrogen-bond donors (Lipinski definition) is 0. The first-order chi connectivity index (χ1) is 13.9. The van der Waals surface area contributed by atoms with Crippen molar-refractivity contribution in [3.63, 3.8) is 0 Å². The Morgan fingerprint density at radius 1 is 0.897 bits per heavy atom. The standard InChI is InChI=1S/C22H20FN5O/c1-15-4-6-16(7-5-15)22(2,3)17-8-10-18(11-9-17)29-21-24-14-19(23)20(27-21)28-25-12-13-26-28/h4-14H,1-3H3. The topological polar surface area (TPSA) is 65.7 Å². The quantitative estimate of drug-likeness (QED) is 0.498. The van der Waals surface area contributed by atoms with Gasteiger partial charge in [-0.05, 0) is 30.2 Å². The molecule has 0 aliphatic rings. The van der Waals surface area contributed by atoms with Gasteiger partial charge in [-0.2, -0.15) is 15.2 Å². The molecule has 0 saturated heterocycles. The molecule has 0 saturated carbocycles. The second kappa shape index (κ2) is 7.43. The average molecular weight is 389 g/mol. The Morgan fingerprint density at radius 3 is 2.10 bits per heavy atom. The van der Waals surface area contributed by atoms with Gasteiger partial charge < -0.3 is 4.74 Å². The number of rotatable bonds is 5. The molecule has 0 spiro atoms. The molecule has 4 rings (SSSR count). The first kappa shape index (κ1) is 18.7. The van der Waals surface area contributed by atoms with E-state index in [9.17, 15) is 4.39 Å². The lowest BCUT2D eigenvalue weighted by molar-refractivity contribution is 0.431. The van der Waals surface area contributed by atoms with Gasteiger partial charge in [0, 0.05) is 5.41 Å². The molecule has 7 heteroatoms. The molecule has 2 aromatic carbocycles. The minimum absolute atomic E-state index is 0.0178. The van der Waals surface area contributed by atoms with Crippen molar-refractivity contribution in [3.05, 3.63) is 89.6 Å². The molecule has 0 aliphatic heterocycles. The van der Waals surface area contributed by atoms with E-state index in [4.69, 9.17) is 4.74 Å². The molecule has 0 atom stereocenters.